The van der Waals surface area contributed by atoms with Gasteiger partial charge in [0, 0.05) is 28.9 Å². The normalized spacial score (nSPS) is 12.8. The lowest BCUT2D eigenvalue weighted by Crippen LogP contribution is -2.37. The Bertz CT molecular complexity index is 869. The molecule has 1 heterocycles. The van der Waals surface area contributed by atoms with Crippen LogP contribution < -0.4 is 11.2 Å². The summed E-state index contributed by atoms with van der Waals surface area (Å²) in [4.78, 5) is 25.0. The Balaban J connectivity index is 2.87. The molecule has 2 rings (SSSR count). The summed E-state index contributed by atoms with van der Waals surface area (Å²) < 4.78 is -2.13. The van der Waals surface area contributed by atoms with Crippen LogP contribution in [0.25, 0.3) is 10.9 Å². The van der Waals surface area contributed by atoms with E-state index in [0.29, 0.717) is 27.9 Å². The van der Waals surface area contributed by atoms with Gasteiger partial charge in [-0.15, -0.1) is 0 Å². The average Bonchev–Trinajstić information content (AvgIpc) is 2.37. The van der Waals surface area contributed by atoms with Crippen molar-refractivity contribution in [1.29, 1.82) is 0 Å². The summed E-state index contributed by atoms with van der Waals surface area (Å²) >= 11 is 41.0. The van der Waals surface area contributed by atoms with Gasteiger partial charge in [-0.25, -0.2) is 8.77 Å². The third-order valence-electron chi connectivity index (χ3n) is 2.33. The molecule has 0 aliphatic carbocycles. The topological polar surface area (TPSA) is 44.0 Å². The Morgan fingerprint density at radius 2 is 1.39 bits per heavy atom. The molecule has 1 aromatic heterocycles. The van der Waals surface area contributed by atoms with Crippen molar-refractivity contribution in [3.8, 4) is 0 Å². The second-order valence-corrected chi connectivity index (χ2v) is 12.6. The first-order valence-corrected chi connectivity index (χ1v) is 9.58. The van der Waals surface area contributed by atoms with Gasteiger partial charge in [-0.3, -0.25) is 4.79 Å². The summed E-state index contributed by atoms with van der Waals surface area (Å²) in [5.41, 5.74) is -1.33. The van der Waals surface area contributed by atoms with E-state index in [2.05, 4.69) is 0 Å². The standard InChI is InChI=1S/C10H3Cl7N2O2S2/c11-4-1-2-6-5(3-4)7(20)19(23-10(15,16)17)8(21)18(6)22-9(12,13)14/h1-3H. The molecule has 0 spiro atoms. The zero-order valence-corrected chi connectivity index (χ0v) is 17.3. The van der Waals surface area contributed by atoms with Crippen molar-refractivity contribution in [3.63, 3.8) is 0 Å². The molecule has 4 nitrogen and oxygen atoms in total. The van der Waals surface area contributed by atoms with Crippen molar-refractivity contribution < 1.29 is 0 Å². The molecule has 2 aromatic rings. The van der Waals surface area contributed by atoms with E-state index < -0.39 is 17.5 Å². The largest absolute Gasteiger partial charge is 0.352 e. The number of hydrogen-bond donors (Lipinski definition) is 0. The Morgan fingerprint density at radius 3 is 1.91 bits per heavy atom. The number of benzene rings is 1. The van der Waals surface area contributed by atoms with E-state index in [0.717, 1.165) is 3.97 Å². The van der Waals surface area contributed by atoms with Crippen LogP contribution in [-0.4, -0.2) is 14.2 Å². The molecular formula is C10H3Cl7N2O2S2. The number of nitrogens with zero attached hydrogens (tertiary/aromatic N) is 2. The van der Waals surface area contributed by atoms with Crippen LogP contribution in [0.3, 0.4) is 0 Å². The number of alkyl halides is 6. The van der Waals surface area contributed by atoms with E-state index in [1.165, 1.54) is 18.2 Å². The fraction of sp³-hybridized carbons (Fsp3) is 0.200. The summed E-state index contributed by atoms with van der Waals surface area (Å²) in [6.07, 6.45) is 0. The third-order valence-corrected chi connectivity index (χ3v) is 5.26. The van der Waals surface area contributed by atoms with Gasteiger partial charge in [0.1, 0.15) is 0 Å². The lowest BCUT2D eigenvalue weighted by atomic mass is 10.2. The minimum atomic E-state index is -1.95. The van der Waals surface area contributed by atoms with Crippen LogP contribution in [-0.2, 0) is 0 Å². The van der Waals surface area contributed by atoms with Crippen LogP contribution in [0.2, 0.25) is 5.02 Å². The summed E-state index contributed by atoms with van der Waals surface area (Å²) in [5.74, 6) is 0. The van der Waals surface area contributed by atoms with Crippen LogP contribution in [0.15, 0.2) is 27.8 Å². The van der Waals surface area contributed by atoms with Crippen molar-refractivity contribution >= 4 is 116 Å². The lowest BCUT2D eigenvalue weighted by molar-refractivity contribution is 0.980. The van der Waals surface area contributed by atoms with Crippen molar-refractivity contribution in [2.75, 3.05) is 0 Å². The molecule has 0 saturated heterocycles. The predicted molar refractivity (Wildman–Crippen MR) is 104 cm³/mol. The Morgan fingerprint density at radius 1 is 0.870 bits per heavy atom. The molecule has 0 unspecified atom stereocenters. The van der Waals surface area contributed by atoms with Crippen LogP contribution in [0.1, 0.15) is 0 Å². The second-order valence-electron chi connectivity index (χ2n) is 3.91. The smallest absolute Gasteiger partial charge is 0.267 e. The number of halogens is 7. The zero-order valence-electron chi connectivity index (χ0n) is 10.4. The van der Waals surface area contributed by atoms with Crippen molar-refractivity contribution in [2.24, 2.45) is 0 Å². The monoisotopic (exact) mass is 492 g/mol. The molecule has 23 heavy (non-hydrogen) atoms. The van der Waals surface area contributed by atoms with Crippen LogP contribution >= 0.6 is 105 Å². The van der Waals surface area contributed by atoms with Gasteiger partial charge in [-0.1, -0.05) is 81.2 Å². The maximum Gasteiger partial charge on any atom is 0.352 e. The number of rotatable bonds is 2. The van der Waals surface area contributed by atoms with Gasteiger partial charge in [-0.05, 0) is 18.2 Å². The summed E-state index contributed by atoms with van der Waals surface area (Å²) in [6, 6.07) is 4.31. The van der Waals surface area contributed by atoms with Crippen LogP contribution in [0.5, 0.6) is 0 Å². The number of fused-ring (bicyclic) bond motifs is 1. The molecule has 13 heteroatoms. The first kappa shape index (κ1) is 20.2. The first-order valence-electron chi connectivity index (χ1n) is 5.39. The molecule has 0 aliphatic heterocycles. The van der Waals surface area contributed by atoms with E-state index in [4.69, 9.17) is 81.2 Å². The summed E-state index contributed by atoms with van der Waals surface area (Å²) in [7, 11) is 0. The molecule has 0 N–H and O–H groups in total. The summed E-state index contributed by atoms with van der Waals surface area (Å²) in [5, 5.41) is 0.379. The molecule has 1 aromatic carbocycles. The number of hydrogen-bond acceptors (Lipinski definition) is 4. The van der Waals surface area contributed by atoms with Gasteiger partial charge in [0.25, 0.3) is 11.8 Å². The van der Waals surface area contributed by atoms with Crippen molar-refractivity contribution in [1.82, 2.24) is 7.94 Å². The summed E-state index contributed by atoms with van der Waals surface area (Å²) in [6.45, 7) is 0. The van der Waals surface area contributed by atoms with Gasteiger partial charge in [-0.2, -0.15) is 3.97 Å². The number of aromatic nitrogens is 2. The lowest BCUT2D eigenvalue weighted by Gasteiger charge is -2.17. The quantitative estimate of drug-likeness (QED) is 0.519. The highest BCUT2D eigenvalue weighted by Gasteiger charge is 2.29. The minimum absolute atomic E-state index is 0.0978. The highest BCUT2D eigenvalue weighted by molar-refractivity contribution is 8.04. The van der Waals surface area contributed by atoms with Crippen molar-refractivity contribution in [3.05, 3.63) is 44.1 Å². The van der Waals surface area contributed by atoms with E-state index >= 15 is 0 Å². The SMILES string of the molecule is O=c1c2cc(Cl)ccc2n(SC(Cl)(Cl)Cl)c(=O)n1SC(Cl)(Cl)Cl. The van der Waals surface area contributed by atoms with Crippen molar-refractivity contribution in [2.45, 2.75) is 6.25 Å². The van der Waals surface area contributed by atoms with Gasteiger partial charge in [0.15, 0.2) is 0 Å². The Hall–Kier alpha value is 0.890. The Kier molecular flexibility index (Phi) is 6.37. The third kappa shape index (κ3) is 5.19. The molecule has 0 radical (unpaired) electrons. The van der Waals surface area contributed by atoms with Crippen LogP contribution in [0.4, 0.5) is 0 Å². The zero-order chi connectivity index (χ0) is 17.6. The Labute approximate surface area is 173 Å². The van der Waals surface area contributed by atoms with Gasteiger partial charge in [0.05, 0.1) is 10.9 Å². The molecule has 0 amide bonds. The van der Waals surface area contributed by atoms with Crippen LogP contribution in [0, 0.1) is 0 Å². The maximum absolute atomic E-state index is 12.5. The van der Waals surface area contributed by atoms with E-state index in [1.807, 2.05) is 0 Å². The predicted octanol–water partition coefficient (Wildman–Crippen LogP) is 5.46. The molecule has 0 fully saturated rings. The molecule has 0 bridgehead atoms. The van der Waals surface area contributed by atoms with Gasteiger partial charge in [0.2, 0.25) is 0 Å². The molecule has 0 atom stereocenters. The highest BCUT2D eigenvalue weighted by atomic mass is 35.6. The van der Waals surface area contributed by atoms with E-state index in [1.54, 1.807) is 0 Å². The highest BCUT2D eigenvalue weighted by Crippen LogP contribution is 2.41. The fourth-order valence-corrected chi connectivity index (χ4v) is 4.25. The minimum Gasteiger partial charge on any atom is -0.267 e. The van der Waals surface area contributed by atoms with Gasteiger partial charge >= 0.3 is 5.69 Å². The average molecular weight is 495 g/mol. The van der Waals surface area contributed by atoms with E-state index in [9.17, 15) is 9.59 Å². The molecule has 126 valence electrons. The van der Waals surface area contributed by atoms with Gasteiger partial charge < -0.3 is 0 Å². The molecule has 0 aliphatic rings. The van der Waals surface area contributed by atoms with E-state index in [-0.39, 0.29) is 15.9 Å². The molecule has 0 saturated carbocycles. The molecular weight excluding hydrogens is 492 g/mol. The fourth-order valence-electron chi connectivity index (χ4n) is 1.61. The second kappa shape index (κ2) is 7.25. The maximum atomic E-state index is 12.5. The first-order chi connectivity index (χ1) is 10.4.